The Balaban J connectivity index is 2.01. The van der Waals surface area contributed by atoms with Gasteiger partial charge in [0.05, 0.1) is 5.60 Å². The summed E-state index contributed by atoms with van der Waals surface area (Å²) in [6.07, 6.45) is 2.00. The van der Waals surface area contributed by atoms with Crippen molar-refractivity contribution in [3.63, 3.8) is 0 Å². The largest absolute Gasteiger partial charge is 0.389 e. The molecule has 3 rings (SSSR count). The fourth-order valence-corrected chi connectivity index (χ4v) is 4.54. The lowest BCUT2D eigenvalue weighted by atomic mass is 9.65. The second-order valence-corrected chi connectivity index (χ2v) is 8.51. The molecule has 2 aromatic carbocycles. The Morgan fingerprint density at radius 2 is 1.38 bits per heavy atom. The summed E-state index contributed by atoms with van der Waals surface area (Å²) in [6, 6.07) is 16.0. The van der Waals surface area contributed by atoms with Gasteiger partial charge in [-0.15, -0.1) is 0 Å². The van der Waals surface area contributed by atoms with Crippen LogP contribution in [0.4, 0.5) is 0 Å². The molecule has 5 atom stereocenters. The lowest BCUT2D eigenvalue weighted by molar-refractivity contribution is -0.105. The summed E-state index contributed by atoms with van der Waals surface area (Å²) in [5, 5.41) is 16.8. The maximum absolute atomic E-state index is 11.5. The van der Waals surface area contributed by atoms with E-state index in [1.807, 2.05) is 43.3 Å². The zero-order chi connectivity index (χ0) is 18.9. The molecule has 1 fully saturated rings. The van der Waals surface area contributed by atoms with Crippen LogP contribution >= 0.6 is 23.2 Å². The first kappa shape index (κ1) is 19.7. The number of rotatable bonds is 4. The number of nitrogens with one attached hydrogen (secondary N) is 1. The summed E-state index contributed by atoms with van der Waals surface area (Å²) in [6.45, 7) is 6.29. The molecule has 0 aliphatic carbocycles. The minimum atomic E-state index is -0.782. The van der Waals surface area contributed by atoms with Crippen LogP contribution in [0.1, 0.15) is 56.8 Å². The predicted octanol–water partition coefficient (Wildman–Crippen LogP) is 6.18. The van der Waals surface area contributed by atoms with Gasteiger partial charge in [0.1, 0.15) is 0 Å². The molecule has 1 saturated heterocycles. The van der Waals surface area contributed by atoms with Crippen molar-refractivity contribution in [2.75, 3.05) is 0 Å². The molecule has 0 radical (unpaired) electrons. The molecule has 2 aromatic rings. The molecule has 1 aliphatic heterocycles. The average molecular weight is 392 g/mol. The zero-order valence-electron chi connectivity index (χ0n) is 15.5. The van der Waals surface area contributed by atoms with Gasteiger partial charge in [-0.25, -0.2) is 0 Å². The third-order valence-electron chi connectivity index (χ3n) is 5.99. The lowest BCUT2D eigenvalue weighted by Gasteiger charge is -2.52. The van der Waals surface area contributed by atoms with E-state index in [2.05, 4.69) is 31.3 Å². The van der Waals surface area contributed by atoms with Crippen molar-refractivity contribution >= 4 is 23.2 Å². The Morgan fingerprint density at radius 1 is 0.923 bits per heavy atom. The summed E-state index contributed by atoms with van der Waals surface area (Å²) in [5.41, 5.74) is 1.53. The van der Waals surface area contributed by atoms with Crippen LogP contribution in [0.3, 0.4) is 0 Å². The highest BCUT2D eigenvalue weighted by molar-refractivity contribution is 6.30. The van der Waals surface area contributed by atoms with E-state index in [4.69, 9.17) is 23.2 Å². The molecule has 0 aromatic heterocycles. The van der Waals surface area contributed by atoms with Gasteiger partial charge in [0.25, 0.3) is 0 Å². The van der Waals surface area contributed by atoms with Gasteiger partial charge in [-0.2, -0.15) is 0 Å². The number of hydrogen-bond acceptors (Lipinski definition) is 2. The normalized spacial score (nSPS) is 31.8. The maximum Gasteiger partial charge on any atom is 0.0709 e. The van der Waals surface area contributed by atoms with E-state index in [0.29, 0.717) is 0 Å². The average Bonchev–Trinajstić information content (AvgIpc) is 2.62. The van der Waals surface area contributed by atoms with E-state index in [1.54, 1.807) is 0 Å². The molecule has 0 spiro atoms. The number of aliphatic hydroxyl groups is 1. The van der Waals surface area contributed by atoms with E-state index in [1.165, 1.54) is 5.56 Å². The number of benzene rings is 2. The van der Waals surface area contributed by atoms with Crippen molar-refractivity contribution in [3.8, 4) is 0 Å². The Morgan fingerprint density at radius 3 is 1.85 bits per heavy atom. The summed E-state index contributed by atoms with van der Waals surface area (Å²) >= 11 is 12.1. The second kappa shape index (κ2) is 7.90. The molecule has 26 heavy (non-hydrogen) atoms. The van der Waals surface area contributed by atoms with Gasteiger partial charge in [0, 0.05) is 34.0 Å². The standard InChI is InChI=1S/C22H27Cl2NO/c1-4-5-19-21(16-8-12-18(24)13-9-16)25-20(14(2)22(19,3)26)15-6-10-17(23)11-7-15/h6-14,19-21,25-26H,4-5H2,1-3H3/t14-,19-,20-,21-,22+/m0/s1. The maximum atomic E-state index is 11.5. The molecule has 1 heterocycles. The quantitative estimate of drug-likeness (QED) is 0.651. The highest BCUT2D eigenvalue weighted by atomic mass is 35.5. The molecule has 0 saturated carbocycles. The van der Waals surface area contributed by atoms with Gasteiger partial charge in [-0.1, -0.05) is 67.7 Å². The van der Waals surface area contributed by atoms with Crippen LogP contribution in [-0.4, -0.2) is 10.7 Å². The van der Waals surface area contributed by atoms with Gasteiger partial charge in [0.15, 0.2) is 0 Å². The Hall–Kier alpha value is -1.06. The van der Waals surface area contributed by atoms with Crippen molar-refractivity contribution in [1.29, 1.82) is 0 Å². The molecule has 2 nitrogen and oxygen atoms in total. The van der Waals surface area contributed by atoms with E-state index >= 15 is 0 Å². The van der Waals surface area contributed by atoms with Crippen LogP contribution in [0.2, 0.25) is 10.0 Å². The Labute approximate surface area is 166 Å². The van der Waals surface area contributed by atoms with Crippen molar-refractivity contribution in [1.82, 2.24) is 5.32 Å². The number of halogens is 2. The summed E-state index contributed by atoms with van der Waals surface area (Å²) < 4.78 is 0. The Bertz CT molecular complexity index is 727. The summed E-state index contributed by atoms with van der Waals surface area (Å²) in [5.74, 6) is 0.205. The minimum absolute atomic E-state index is 0.0519. The topological polar surface area (TPSA) is 32.3 Å². The van der Waals surface area contributed by atoms with Crippen LogP contribution in [-0.2, 0) is 0 Å². The monoisotopic (exact) mass is 391 g/mol. The van der Waals surface area contributed by atoms with Gasteiger partial charge in [-0.05, 0) is 48.7 Å². The van der Waals surface area contributed by atoms with Gasteiger partial charge in [-0.3, -0.25) is 0 Å². The van der Waals surface area contributed by atoms with Crippen LogP contribution < -0.4 is 5.32 Å². The number of piperidine rings is 1. The van der Waals surface area contributed by atoms with E-state index < -0.39 is 5.60 Å². The minimum Gasteiger partial charge on any atom is -0.389 e. The molecule has 0 bridgehead atoms. The molecule has 140 valence electrons. The summed E-state index contributed by atoms with van der Waals surface area (Å²) in [7, 11) is 0. The molecular weight excluding hydrogens is 365 g/mol. The second-order valence-electron chi connectivity index (χ2n) is 7.63. The molecule has 4 heteroatoms. The highest BCUT2D eigenvalue weighted by Crippen LogP contribution is 2.48. The van der Waals surface area contributed by atoms with Gasteiger partial charge in [0.2, 0.25) is 0 Å². The van der Waals surface area contributed by atoms with Gasteiger partial charge < -0.3 is 10.4 Å². The van der Waals surface area contributed by atoms with E-state index in [9.17, 15) is 5.11 Å². The third-order valence-corrected chi connectivity index (χ3v) is 6.50. The lowest BCUT2D eigenvalue weighted by Crippen LogP contribution is -2.56. The molecule has 0 amide bonds. The predicted molar refractivity (Wildman–Crippen MR) is 110 cm³/mol. The third kappa shape index (κ3) is 3.80. The van der Waals surface area contributed by atoms with Crippen molar-refractivity contribution in [2.45, 2.75) is 51.3 Å². The first-order valence-corrected chi connectivity index (χ1v) is 10.1. The van der Waals surface area contributed by atoms with E-state index in [-0.39, 0.29) is 23.9 Å². The Kier molecular flexibility index (Phi) is 5.98. The highest BCUT2D eigenvalue weighted by Gasteiger charge is 2.49. The van der Waals surface area contributed by atoms with Gasteiger partial charge >= 0.3 is 0 Å². The van der Waals surface area contributed by atoms with Crippen LogP contribution in [0, 0.1) is 11.8 Å². The van der Waals surface area contributed by atoms with Crippen molar-refractivity contribution in [3.05, 3.63) is 69.7 Å². The molecule has 0 unspecified atom stereocenters. The van der Waals surface area contributed by atoms with Crippen LogP contribution in [0.5, 0.6) is 0 Å². The molecule has 2 N–H and O–H groups in total. The van der Waals surface area contributed by atoms with E-state index in [0.717, 1.165) is 28.5 Å². The molecular formula is C22H27Cl2NO. The fraction of sp³-hybridized carbons (Fsp3) is 0.455. The summed E-state index contributed by atoms with van der Waals surface area (Å²) in [4.78, 5) is 0. The number of hydrogen-bond donors (Lipinski definition) is 2. The van der Waals surface area contributed by atoms with Crippen LogP contribution in [0.25, 0.3) is 0 Å². The van der Waals surface area contributed by atoms with Crippen molar-refractivity contribution in [2.24, 2.45) is 11.8 Å². The SMILES string of the molecule is CCC[C@H]1[C@H](c2ccc(Cl)cc2)N[C@H](c2ccc(Cl)cc2)[C@H](C)[C@@]1(C)O. The first-order chi connectivity index (χ1) is 12.3. The van der Waals surface area contributed by atoms with Crippen LogP contribution in [0.15, 0.2) is 48.5 Å². The smallest absolute Gasteiger partial charge is 0.0709 e. The first-order valence-electron chi connectivity index (χ1n) is 9.34. The fourth-order valence-electron chi connectivity index (χ4n) is 4.29. The zero-order valence-corrected chi connectivity index (χ0v) is 17.1. The molecule has 1 aliphatic rings. The van der Waals surface area contributed by atoms with Crippen molar-refractivity contribution < 1.29 is 5.11 Å².